The summed E-state index contributed by atoms with van der Waals surface area (Å²) >= 11 is 3.29. The highest BCUT2D eigenvalue weighted by Gasteiger charge is 2.50. The molecule has 1 unspecified atom stereocenters. The van der Waals surface area contributed by atoms with Gasteiger partial charge in [-0.1, -0.05) is 22.0 Å². The molecule has 0 aliphatic heterocycles. The Morgan fingerprint density at radius 1 is 1.10 bits per heavy atom. The predicted octanol–water partition coefficient (Wildman–Crippen LogP) is 4.56. The van der Waals surface area contributed by atoms with Gasteiger partial charge in [-0.25, -0.2) is 4.39 Å². The van der Waals surface area contributed by atoms with Crippen LogP contribution in [0.4, 0.5) is 4.39 Å². The van der Waals surface area contributed by atoms with E-state index in [1.54, 1.807) is 6.07 Å². The molecule has 0 radical (unpaired) electrons. The van der Waals surface area contributed by atoms with Gasteiger partial charge in [0.2, 0.25) is 0 Å². The van der Waals surface area contributed by atoms with Crippen molar-refractivity contribution in [3.05, 3.63) is 34.1 Å². The Hall–Kier alpha value is -0.410. The average molecular weight is 353 g/mol. The van der Waals surface area contributed by atoms with Crippen LogP contribution in [0.15, 0.2) is 22.7 Å². The van der Waals surface area contributed by atoms with Crippen molar-refractivity contribution >= 4 is 15.9 Å². The van der Waals surface area contributed by atoms with Gasteiger partial charge in [-0.2, -0.15) is 0 Å². The first-order chi connectivity index (χ1) is 10.1. The number of rotatable bonds is 3. The monoisotopic (exact) mass is 352 g/mol. The molecule has 21 heavy (non-hydrogen) atoms. The Balaban J connectivity index is 1.51. The summed E-state index contributed by atoms with van der Waals surface area (Å²) in [6.07, 6.45) is 6.73. The first-order valence-electron chi connectivity index (χ1n) is 8.22. The maximum absolute atomic E-state index is 14.0. The molecule has 3 heteroatoms. The minimum Gasteiger partial charge on any atom is -0.392 e. The van der Waals surface area contributed by atoms with Crippen molar-refractivity contribution < 1.29 is 9.50 Å². The van der Waals surface area contributed by atoms with Crippen molar-refractivity contribution in [1.29, 1.82) is 0 Å². The van der Waals surface area contributed by atoms with E-state index in [0.29, 0.717) is 29.7 Å². The second-order valence-corrected chi connectivity index (χ2v) is 8.43. The molecule has 1 nitrogen and oxygen atoms in total. The quantitative estimate of drug-likeness (QED) is 0.844. The van der Waals surface area contributed by atoms with Crippen LogP contribution in [0.3, 0.4) is 0 Å². The molecule has 4 aliphatic carbocycles. The molecule has 4 aliphatic rings. The summed E-state index contributed by atoms with van der Waals surface area (Å²) in [4.78, 5) is 0. The van der Waals surface area contributed by atoms with Crippen molar-refractivity contribution in [3.63, 3.8) is 0 Å². The number of hydrogen-bond donors (Lipinski definition) is 1. The van der Waals surface area contributed by atoms with Gasteiger partial charge in [-0.05, 0) is 79.4 Å². The average Bonchev–Trinajstić information content (AvgIpc) is 2.40. The maximum Gasteiger partial charge on any atom is 0.127 e. The molecule has 114 valence electrons. The summed E-state index contributed by atoms with van der Waals surface area (Å²) in [5.41, 5.74) is 0.652. The fourth-order valence-electron chi connectivity index (χ4n) is 5.64. The lowest BCUT2D eigenvalue weighted by atomic mass is 9.50. The van der Waals surface area contributed by atoms with E-state index in [1.807, 2.05) is 6.07 Å². The van der Waals surface area contributed by atoms with Crippen LogP contribution >= 0.6 is 15.9 Å². The van der Waals surface area contributed by atoms with Crippen molar-refractivity contribution in [3.8, 4) is 0 Å². The predicted molar refractivity (Wildman–Crippen MR) is 84.3 cm³/mol. The molecule has 1 aromatic carbocycles. The van der Waals surface area contributed by atoms with Crippen LogP contribution in [0.5, 0.6) is 0 Å². The van der Waals surface area contributed by atoms with Crippen molar-refractivity contribution in [2.75, 3.05) is 0 Å². The topological polar surface area (TPSA) is 20.2 Å². The molecule has 1 N–H and O–H groups in total. The van der Waals surface area contributed by atoms with E-state index in [4.69, 9.17) is 0 Å². The van der Waals surface area contributed by atoms with Crippen LogP contribution in [0.2, 0.25) is 0 Å². The minimum atomic E-state index is -0.379. The van der Waals surface area contributed by atoms with E-state index >= 15 is 0 Å². The Morgan fingerprint density at radius 3 is 2.29 bits per heavy atom. The molecule has 0 amide bonds. The van der Waals surface area contributed by atoms with Gasteiger partial charge in [-0.3, -0.25) is 0 Å². The van der Waals surface area contributed by atoms with E-state index in [1.165, 1.54) is 38.2 Å². The van der Waals surface area contributed by atoms with E-state index in [2.05, 4.69) is 15.9 Å². The van der Waals surface area contributed by atoms with Crippen molar-refractivity contribution in [1.82, 2.24) is 0 Å². The zero-order valence-electron chi connectivity index (χ0n) is 12.1. The van der Waals surface area contributed by atoms with Crippen molar-refractivity contribution in [2.45, 2.75) is 44.6 Å². The third kappa shape index (κ3) is 2.57. The third-order valence-electron chi connectivity index (χ3n) is 6.19. The van der Waals surface area contributed by atoms with Crippen molar-refractivity contribution in [2.24, 2.45) is 29.6 Å². The molecular formula is C18H22BrFO. The number of halogens is 2. The number of benzene rings is 1. The first kappa shape index (κ1) is 14.2. The fraction of sp³-hybridized carbons (Fsp3) is 0.667. The van der Waals surface area contributed by atoms with Gasteiger partial charge in [0, 0.05) is 10.9 Å². The molecule has 5 rings (SSSR count). The summed E-state index contributed by atoms with van der Waals surface area (Å²) in [5, 5.41) is 10.7. The Morgan fingerprint density at radius 2 is 1.71 bits per heavy atom. The molecule has 0 spiro atoms. The molecule has 4 fully saturated rings. The molecule has 4 saturated carbocycles. The molecular weight excluding hydrogens is 331 g/mol. The highest BCUT2D eigenvalue weighted by Crippen LogP contribution is 2.57. The van der Waals surface area contributed by atoms with Crippen LogP contribution in [0.1, 0.15) is 37.7 Å². The first-order valence-corrected chi connectivity index (χ1v) is 9.01. The zero-order valence-corrected chi connectivity index (χ0v) is 13.7. The zero-order chi connectivity index (χ0) is 14.6. The highest BCUT2D eigenvalue weighted by atomic mass is 79.9. The minimum absolute atomic E-state index is 0.202. The fourth-order valence-corrected chi connectivity index (χ4v) is 5.98. The van der Waals surface area contributed by atoms with E-state index < -0.39 is 0 Å². The molecule has 0 heterocycles. The normalized spacial score (nSPS) is 38.7. The SMILES string of the molecule is OC(Cc1ccc(Br)cc1F)C1C2CC3CC(C2)CC1C3. The van der Waals surface area contributed by atoms with Crippen LogP contribution < -0.4 is 0 Å². The molecule has 0 aromatic heterocycles. The number of hydrogen-bond acceptors (Lipinski definition) is 1. The van der Waals surface area contributed by atoms with Crippen LogP contribution in [0.25, 0.3) is 0 Å². The number of aliphatic hydroxyl groups excluding tert-OH is 1. The van der Waals surface area contributed by atoms with Gasteiger partial charge >= 0.3 is 0 Å². The summed E-state index contributed by atoms with van der Waals surface area (Å²) in [6.45, 7) is 0. The molecule has 0 saturated heterocycles. The molecule has 1 aromatic rings. The second kappa shape index (κ2) is 5.34. The Kier molecular flexibility index (Phi) is 3.61. The van der Waals surface area contributed by atoms with Gasteiger partial charge in [0.1, 0.15) is 5.82 Å². The van der Waals surface area contributed by atoms with Gasteiger partial charge in [0.25, 0.3) is 0 Å². The van der Waals surface area contributed by atoms with Crippen LogP contribution in [-0.2, 0) is 6.42 Å². The van der Waals surface area contributed by atoms with E-state index in [0.717, 1.165) is 16.3 Å². The van der Waals surface area contributed by atoms with Crippen LogP contribution in [-0.4, -0.2) is 11.2 Å². The molecule has 4 bridgehead atoms. The summed E-state index contributed by atoms with van der Waals surface area (Å²) in [7, 11) is 0. The number of aliphatic hydroxyl groups is 1. The van der Waals surface area contributed by atoms with Gasteiger partial charge in [0.15, 0.2) is 0 Å². The van der Waals surface area contributed by atoms with E-state index in [9.17, 15) is 9.50 Å². The van der Waals surface area contributed by atoms with Gasteiger partial charge in [0.05, 0.1) is 6.10 Å². The van der Waals surface area contributed by atoms with Crippen LogP contribution in [0, 0.1) is 35.4 Å². The maximum atomic E-state index is 14.0. The largest absolute Gasteiger partial charge is 0.392 e. The smallest absolute Gasteiger partial charge is 0.127 e. The second-order valence-electron chi connectivity index (χ2n) is 7.52. The molecule has 1 atom stereocenters. The van der Waals surface area contributed by atoms with E-state index in [-0.39, 0.29) is 11.9 Å². The lowest BCUT2D eigenvalue weighted by Crippen LogP contribution is -2.49. The summed E-state index contributed by atoms with van der Waals surface area (Å²) in [5.74, 6) is 3.42. The Bertz CT molecular complexity index is 516. The third-order valence-corrected chi connectivity index (χ3v) is 6.68. The summed E-state index contributed by atoms with van der Waals surface area (Å²) < 4.78 is 14.8. The van der Waals surface area contributed by atoms with Gasteiger partial charge < -0.3 is 5.11 Å². The highest BCUT2D eigenvalue weighted by molar-refractivity contribution is 9.10. The summed E-state index contributed by atoms with van der Waals surface area (Å²) in [6, 6.07) is 5.17. The standard InChI is InChI=1S/C18H22BrFO/c19-15-2-1-12(16(20)9-15)8-17(21)18-13-4-10-3-11(6-13)7-14(18)5-10/h1-2,9-11,13-14,17-18,21H,3-8H2. The lowest BCUT2D eigenvalue weighted by Gasteiger charge is -2.55. The lowest BCUT2D eigenvalue weighted by molar-refractivity contribution is -0.0889. The van der Waals surface area contributed by atoms with Gasteiger partial charge in [-0.15, -0.1) is 0 Å². The Labute approximate surface area is 134 Å².